The number of anilines is 1. The van der Waals surface area contributed by atoms with Crippen LogP contribution in [0.15, 0.2) is 41.3 Å². The summed E-state index contributed by atoms with van der Waals surface area (Å²) in [5.41, 5.74) is 0.741. The van der Waals surface area contributed by atoms with Crippen LogP contribution in [0, 0.1) is 0 Å². The van der Waals surface area contributed by atoms with Gasteiger partial charge in [-0.3, -0.25) is 4.79 Å². The summed E-state index contributed by atoms with van der Waals surface area (Å²) in [6.45, 7) is 2.41. The topological polar surface area (TPSA) is 79.8 Å². The van der Waals surface area contributed by atoms with Gasteiger partial charge in [0.1, 0.15) is 11.3 Å². The summed E-state index contributed by atoms with van der Waals surface area (Å²) in [5, 5.41) is 1.96. The highest BCUT2D eigenvalue weighted by Gasteiger charge is 2.24. The Morgan fingerprint density at radius 1 is 1.09 bits per heavy atom. The number of hydrogen-bond acceptors (Lipinski definition) is 7. The Morgan fingerprint density at radius 2 is 1.79 bits per heavy atom. The average Bonchev–Trinajstić information content (AvgIpc) is 3.26. The molecule has 0 bridgehead atoms. The van der Waals surface area contributed by atoms with Crippen molar-refractivity contribution < 1.29 is 17.9 Å². The number of carbonyl (C=O) groups is 1. The molecule has 2 heterocycles. The number of sulfone groups is 1. The van der Waals surface area contributed by atoms with Crippen LogP contribution in [-0.4, -0.2) is 63.3 Å². The fourth-order valence-corrected chi connectivity index (χ4v) is 6.46. The summed E-state index contributed by atoms with van der Waals surface area (Å²) < 4.78 is 31.2. The summed E-state index contributed by atoms with van der Waals surface area (Å²) >= 11 is 13.7. The van der Waals surface area contributed by atoms with E-state index in [0.717, 1.165) is 15.3 Å². The molecule has 0 aliphatic carbocycles. The largest absolute Gasteiger partial charge is 0.494 e. The molecule has 0 atom stereocenters. The molecule has 1 saturated heterocycles. The Morgan fingerprint density at radius 3 is 2.45 bits per heavy atom. The first kappa shape index (κ1) is 24.1. The highest BCUT2D eigenvalue weighted by Crippen LogP contribution is 2.38. The summed E-state index contributed by atoms with van der Waals surface area (Å²) in [6, 6.07) is 9.68. The van der Waals surface area contributed by atoms with Crippen LogP contribution in [-0.2, 0) is 14.6 Å². The normalized spacial score (nSPS) is 14.6. The average molecular weight is 528 g/mol. The number of piperazine rings is 1. The van der Waals surface area contributed by atoms with E-state index in [1.807, 2.05) is 0 Å². The van der Waals surface area contributed by atoms with Crippen molar-refractivity contribution in [1.82, 2.24) is 9.88 Å². The first-order chi connectivity index (χ1) is 15.8. The number of ether oxygens (including phenoxy) is 1. The molecule has 1 amide bonds. The van der Waals surface area contributed by atoms with Crippen LogP contribution >= 0.6 is 34.5 Å². The van der Waals surface area contributed by atoms with E-state index in [9.17, 15) is 13.2 Å². The molecule has 3 aromatic rings. The fraction of sp³-hybridized carbons (Fsp3) is 0.364. The molecular formula is C22H23Cl2N3O4S2. The summed E-state index contributed by atoms with van der Waals surface area (Å²) in [6.07, 6.45) is 0.473. The van der Waals surface area contributed by atoms with Crippen molar-refractivity contribution in [2.45, 2.75) is 17.7 Å². The smallest absolute Gasteiger partial charge is 0.222 e. The molecule has 0 N–H and O–H groups in total. The van der Waals surface area contributed by atoms with Gasteiger partial charge in [0.15, 0.2) is 15.0 Å². The van der Waals surface area contributed by atoms with E-state index in [4.69, 9.17) is 32.9 Å². The fourth-order valence-electron chi connectivity index (χ4n) is 3.72. The molecule has 0 radical (unpaired) electrons. The van der Waals surface area contributed by atoms with Crippen molar-refractivity contribution in [3.05, 3.63) is 46.4 Å². The number of aromatic nitrogens is 1. The van der Waals surface area contributed by atoms with Gasteiger partial charge in [-0.05, 0) is 42.8 Å². The van der Waals surface area contributed by atoms with Gasteiger partial charge in [0.25, 0.3) is 0 Å². The zero-order valence-corrected chi connectivity index (χ0v) is 21.1. The predicted octanol–water partition coefficient (Wildman–Crippen LogP) is 4.51. The first-order valence-electron chi connectivity index (χ1n) is 10.4. The number of thiazole rings is 1. The van der Waals surface area contributed by atoms with Gasteiger partial charge in [0.05, 0.1) is 27.5 Å². The Labute approximate surface area is 206 Å². The van der Waals surface area contributed by atoms with Crippen LogP contribution in [0.4, 0.5) is 5.13 Å². The molecule has 11 heteroatoms. The van der Waals surface area contributed by atoms with Crippen molar-refractivity contribution in [2.24, 2.45) is 0 Å². The predicted molar refractivity (Wildman–Crippen MR) is 133 cm³/mol. The Balaban J connectivity index is 1.31. The molecule has 33 heavy (non-hydrogen) atoms. The summed E-state index contributed by atoms with van der Waals surface area (Å²) in [4.78, 5) is 21.5. The molecular weight excluding hydrogens is 505 g/mol. The van der Waals surface area contributed by atoms with E-state index in [2.05, 4.69) is 4.90 Å². The second-order valence-electron chi connectivity index (χ2n) is 7.67. The second-order valence-corrected chi connectivity index (χ2v) is 11.6. The molecule has 2 aromatic carbocycles. The standard InChI is InChI=1S/C22H23Cl2N3O4S2/c1-31-18-9-8-17(24)21-20(18)25-22(32-21)27-12-10-26(11-13-27)19(28)3-2-14-33(29,30)16-6-4-15(23)5-7-16/h4-9H,2-3,10-14H2,1H3. The lowest BCUT2D eigenvalue weighted by molar-refractivity contribution is -0.131. The van der Waals surface area contributed by atoms with Crippen molar-refractivity contribution in [2.75, 3.05) is 43.9 Å². The van der Waals surface area contributed by atoms with Crippen LogP contribution in [0.1, 0.15) is 12.8 Å². The number of nitrogens with zero attached hydrogens (tertiary/aromatic N) is 3. The minimum atomic E-state index is -3.44. The van der Waals surface area contributed by atoms with Crippen molar-refractivity contribution in [1.29, 1.82) is 0 Å². The maximum absolute atomic E-state index is 12.6. The van der Waals surface area contributed by atoms with E-state index in [1.54, 1.807) is 36.3 Å². The van der Waals surface area contributed by atoms with Crippen molar-refractivity contribution in [3.63, 3.8) is 0 Å². The minimum absolute atomic E-state index is 0.0324. The van der Waals surface area contributed by atoms with Gasteiger partial charge in [-0.1, -0.05) is 34.5 Å². The third-order valence-electron chi connectivity index (χ3n) is 5.55. The number of rotatable bonds is 7. The van der Waals surface area contributed by atoms with Gasteiger partial charge in [-0.2, -0.15) is 0 Å². The van der Waals surface area contributed by atoms with Gasteiger partial charge in [-0.15, -0.1) is 0 Å². The van der Waals surface area contributed by atoms with Crippen molar-refractivity contribution >= 4 is 65.6 Å². The SMILES string of the molecule is COc1ccc(Cl)c2sc(N3CCN(C(=O)CCCS(=O)(=O)c4ccc(Cl)cc4)CC3)nc12. The maximum atomic E-state index is 12.6. The first-order valence-corrected chi connectivity index (χ1v) is 13.6. The quantitative estimate of drug-likeness (QED) is 0.449. The van der Waals surface area contributed by atoms with Crippen LogP contribution in [0.2, 0.25) is 10.0 Å². The number of hydrogen-bond donors (Lipinski definition) is 0. The van der Waals surface area contributed by atoms with E-state index >= 15 is 0 Å². The number of amides is 1. The number of carbonyl (C=O) groups excluding carboxylic acids is 1. The minimum Gasteiger partial charge on any atom is -0.494 e. The van der Waals surface area contributed by atoms with E-state index in [-0.39, 0.29) is 29.4 Å². The van der Waals surface area contributed by atoms with Gasteiger partial charge in [0, 0.05) is 37.6 Å². The summed E-state index contributed by atoms with van der Waals surface area (Å²) in [5.74, 6) is 0.573. The molecule has 0 spiro atoms. The number of benzene rings is 2. The van der Waals surface area contributed by atoms with Crippen LogP contribution in [0.5, 0.6) is 5.75 Å². The van der Waals surface area contributed by atoms with Crippen LogP contribution < -0.4 is 9.64 Å². The van der Waals surface area contributed by atoms with Crippen LogP contribution in [0.3, 0.4) is 0 Å². The van der Waals surface area contributed by atoms with Crippen molar-refractivity contribution in [3.8, 4) is 5.75 Å². The number of fused-ring (bicyclic) bond motifs is 1. The lowest BCUT2D eigenvalue weighted by Gasteiger charge is -2.34. The molecule has 1 fully saturated rings. The molecule has 7 nitrogen and oxygen atoms in total. The second kappa shape index (κ2) is 10.0. The van der Waals surface area contributed by atoms with Gasteiger partial charge >= 0.3 is 0 Å². The molecule has 1 aliphatic heterocycles. The molecule has 1 aliphatic rings. The highest BCUT2D eigenvalue weighted by atomic mass is 35.5. The Kier molecular flexibility index (Phi) is 7.33. The zero-order valence-electron chi connectivity index (χ0n) is 18.0. The Bertz CT molecular complexity index is 1250. The maximum Gasteiger partial charge on any atom is 0.222 e. The van der Waals surface area contributed by atoms with E-state index in [1.165, 1.54) is 23.5 Å². The lowest BCUT2D eigenvalue weighted by Crippen LogP contribution is -2.48. The van der Waals surface area contributed by atoms with E-state index < -0.39 is 9.84 Å². The molecule has 1 aromatic heterocycles. The number of methoxy groups -OCH3 is 1. The van der Waals surface area contributed by atoms with Crippen LogP contribution in [0.25, 0.3) is 10.2 Å². The third-order valence-corrected chi connectivity index (χ3v) is 9.19. The zero-order chi connectivity index (χ0) is 23.6. The number of halogens is 2. The monoisotopic (exact) mass is 527 g/mol. The lowest BCUT2D eigenvalue weighted by atomic mass is 10.2. The molecule has 0 unspecified atom stereocenters. The highest BCUT2D eigenvalue weighted by molar-refractivity contribution is 7.91. The third kappa shape index (κ3) is 5.37. The van der Waals surface area contributed by atoms with Gasteiger partial charge in [-0.25, -0.2) is 13.4 Å². The molecule has 4 rings (SSSR count). The van der Waals surface area contributed by atoms with Gasteiger partial charge < -0.3 is 14.5 Å². The van der Waals surface area contributed by atoms with E-state index in [0.29, 0.717) is 42.0 Å². The van der Waals surface area contributed by atoms with Gasteiger partial charge in [0.2, 0.25) is 5.91 Å². The molecule has 0 saturated carbocycles. The Hall–Kier alpha value is -2.07. The summed E-state index contributed by atoms with van der Waals surface area (Å²) in [7, 11) is -1.83. The molecule has 176 valence electrons.